The highest BCUT2D eigenvalue weighted by Crippen LogP contribution is 2.19. The van der Waals surface area contributed by atoms with Crippen LogP contribution in [0.2, 0.25) is 0 Å². The van der Waals surface area contributed by atoms with Crippen molar-refractivity contribution in [1.29, 1.82) is 5.26 Å². The minimum Gasteiger partial charge on any atom is -0.437 e. The lowest BCUT2D eigenvalue weighted by atomic mass is 10.3. The maximum absolute atomic E-state index is 11.8. The third-order valence-corrected chi connectivity index (χ3v) is 2.57. The molecule has 19 heavy (non-hydrogen) atoms. The van der Waals surface area contributed by atoms with Gasteiger partial charge in [0, 0.05) is 20.3 Å². The first-order chi connectivity index (χ1) is 9.06. The molecular weight excluding hydrogens is 248 g/mol. The van der Waals surface area contributed by atoms with Gasteiger partial charge in [0.25, 0.3) is 5.56 Å². The van der Waals surface area contributed by atoms with E-state index in [-0.39, 0.29) is 11.4 Å². The lowest BCUT2D eigenvalue weighted by Gasteiger charge is -2.11. The van der Waals surface area contributed by atoms with E-state index in [0.717, 1.165) is 9.13 Å². The van der Waals surface area contributed by atoms with Crippen molar-refractivity contribution in [2.75, 3.05) is 0 Å². The Bertz CT molecular complexity index is 769. The zero-order valence-corrected chi connectivity index (χ0v) is 10.3. The van der Waals surface area contributed by atoms with Crippen molar-refractivity contribution in [3.05, 3.63) is 50.9 Å². The lowest BCUT2D eigenvalue weighted by Crippen LogP contribution is -2.38. The van der Waals surface area contributed by atoms with E-state index in [2.05, 4.69) is 4.98 Å². The smallest absolute Gasteiger partial charge is 0.333 e. The van der Waals surface area contributed by atoms with Crippen molar-refractivity contribution in [3.8, 4) is 17.7 Å². The molecule has 7 nitrogen and oxygen atoms in total. The first-order valence-electron chi connectivity index (χ1n) is 5.34. The van der Waals surface area contributed by atoms with Gasteiger partial charge in [0.2, 0.25) is 5.88 Å². The number of hydrogen-bond acceptors (Lipinski definition) is 5. The average Bonchev–Trinajstić information content (AvgIpc) is 2.44. The Morgan fingerprint density at radius 2 is 2.05 bits per heavy atom. The van der Waals surface area contributed by atoms with Crippen LogP contribution in [0.3, 0.4) is 0 Å². The summed E-state index contributed by atoms with van der Waals surface area (Å²) in [7, 11) is 2.73. The van der Waals surface area contributed by atoms with Gasteiger partial charge in [-0.25, -0.2) is 4.79 Å². The molecule has 2 aromatic heterocycles. The topological polar surface area (TPSA) is 89.9 Å². The molecule has 0 radical (unpaired) electrons. The van der Waals surface area contributed by atoms with Crippen LogP contribution in [0.1, 0.15) is 5.56 Å². The third-order valence-electron chi connectivity index (χ3n) is 2.57. The number of ether oxygens (including phenoxy) is 1. The molecule has 0 atom stereocenters. The largest absolute Gasteiger partial charge is 0.437 e. The zero-order chi connectivity index (χ0) is 14.0. The molecule has 0 saturated heterocycles. The van der Waals surface area contributed by atoms with E-state index < -0.39 is 11.2 Å². The zero-order valence-electron chi connectivity index (χ0n) is 10.3. The highest BCUT2D eigenvalue weighted by atomic mass is 16.5. The Kier molecular flexibility index (Phi) is 3.16. The lowest BCUT2D eigenvalue weighted by molar-refractivity contribution is 0.419. The second-order valence-electron chi connectivity index (χ2n) is 3.79. The van der Waals surface area contributed by atoms with Crippen LogP contribution in [0.4, 0.5) is 0 Å². The molecule has 0 aliphatic carbocycles. The minimum absolute atomic E-state index is 0.0939. The summed E-state index contributed by atoms with van der Waals surface area (Å²) >= 11 is 0. The fourth-order valence-corrected chi connectivity index (χ4v) is 1.56. The van der Waals surface area contributed by atoms with Gasteiger partial charge in [-0.15, -0.1) is 0 Å². The van der Waals surface area contributed by atoms with Crippen LogP contribution in [0.25, 0.3) is 0 Å². The van der Waals surface area contributed by atoms with Crippen molar-refractivity contribution in [2.45, 2.75) is 0 Å². The van der Waals surface area contributed by atoms with E-state index in [1.165, 1.54) is 20.3 Å². The fraction of sp³-hybridized carbons (Fsp3) is 0.167. The van der Waals surface area contributed by atoms with Crippen LogP contribution in [-0.4, -0.2) is 14.1 Å². The van der Waals surface area contributed by atoms with Crippen LogP contribution in [0, 0.1) is 11.3 Å². The predicted octanol–water partition coefficient (Wildman–Crippen LogP) is 0.143. The second-order valence-corrected chi connectivity index (χ2v) is 3.79. The average molecular weight is 258 g/mol. The normalized spacial score (nSPS) is 9.95. The van der Waals surface area contributed by atoms with Gasteiger partial charge in [-0.3, -0.25) is 18.9 Å². The second kappa shape index (κ2) is 4.78. The van der Waals surface area contributed by atoms with E-state index in [0.29, 0.717) is 5.75 Å². The van der Waals surface area contributed by atoms with E-state index in [4.69, 9.17) is 10.00 Å². The highest BCUT2D eigenvalue weighted by Gasteiger charge is 2.17. The van der Waals surface area contributed by atoms with Crippen LogP contribution >= 0.6 is 0 Å². The Morgan fingerprint density at radius 1 is 1.32 bits per heavy atom. The van der Waals surface area contributed by atoms with E-state index in [1.54, 1.807) is 24.4 Å². The number of rotatable bonds is 2. The molecular formula is C12H10N4O3. The van der Waals surface area contributed by atoms with Crippen molar-refractivity contribution in [3.63, 3.8) is 0 Å². The standard InChI is InChI=1S/C12H10N4O3/c1-15-10(17)9(6-13)11(16(2)12(15)18)19-8-4-3-5-14-7-8/h3-5,7H,1-2H3. The predicted molar refractivity (Wildman–Crippen MR) is 66.0 cm³/mol. The van der Waals surface area contributed by atoms with E-state index in [1.807, 2.05) is 0 Å². The summed E-state index contributed by atoms with van der Waals surface area (Å²) in [6.45, 7) is 0. The summed E-state index contributed by atoms with van der Waals surface area (Å²) in [4.78, 5) is 27.5. The van der Waals surface area contributed by atoms with Crippen molar-refractivity contribution < 1.29 is 4.74 Å². The molecule has 7 heteroatoms. The number of nitriles is 1. The molecule has 0 spiro atoms. The summed E-state index contributed by atoms with van der Waals surface area (Å²) in [6.07, 6.45) is 2.98. The third kappa shape index (κ3) is 2.11. The molecule has 0 fully saturated rings. The Balaban J connectivity index is 2.68. The Morgan fingerprint density at radius 3 is 2.63 bits per heavy atom. The summed E-state index contributed by atoms with van der Waals surface area (Å²) in [5, 5.41) is 9.04. The van der Waals surface area contributed by atoms with Crippen molar-refractivity contribution >= 4 is 0 Å². The SMILES string of the molecule is Cn1c(Oc2cccnc2)c(C#N)c(=O)n(C)c1=O. The molecule has 0 aromatic carbocycles. The molecule has 2 aromatic rings. The molecule has 0 bridgehead atoms. The molecule has 0 unspecified atom stereocenters. The number of nitrogens with zero attached hydrogens (tertiary/aromatic N) is 4. The summed E-state index contributed by atoms with van der Waals surface area (Å²) < 4.78 is 7.37. The minimum atomic E-state index is -0.690. The Hall–Kier alpha value is -2.88. The maximum Gasteiger partial charge on any atom is 0.333 e. The highest BCUT2D eigenvalue weighted by molar-refractivity contribution is 5.39. The first-order valence-corrected chi connectivity index (χ1v) is 5.34. The van der Waals surface area contributed by atoms with Gasteiger partial charge in [0.15, 0.2) is 5.56 Å². The van der Waals surface area contributed by atoms with Gasteiger partial charge in [0.1, 0.15) is 11.8 Å². The van der Waals surface area contributed by atoms with Gasteiger partial charge in [-0.05, 0) is 12.1 Å². The molecule has 0 aliphatic rings. The van der Waals surface area contributed by atoms with Crippen LogP contribution in [0.15, 0.2) is 34.1 Å². The monoisotopic (exact) mass is 258 g/mol. The number of pyridine rings is 1. The summed E-state index contributed by atoms with van der Waals surface area (Å²) in [5.74, 6) is 0.242. The van der Waals surface area contributed by atoms with Gasteiger partial charge in [-0.1, -0.05) is 0 Å². The molecule has 0 N–H and O–H groups in total. The Labute approximate surface area is 107 Å². The molecule has 2 heterocycles. The molecule has 96 valence electrons. The van der Waals surface area contributed by atoms with Gasteiger partial charge in [0.05, 0.1) is 6.20 Å². The summed E-state index contributed by atoms with van der Waals surface area (Å²) in [5.41, 5.74) is -1.49. The number of aromatic nitrogens is 3. The van der Waals surface area contributed by atoms with Crippen LogP contribution in [0.5, 0.6) is 11.6 Å². The molecule has 0 amide bonds. The number of hydrogen-bond donors (Lipinski definition) is 0. The van der Waals surface area contributed by atoms with Crippen LogP contribution in [-0.2, 0) is 14.1 Å². The quantitative estimate of drug-likeness (QED) is 0.764. The van der Waals surface area contributed by atoms with Crippen LogP contribution < -0.4 is 16.0 Å². The van der Waals surface area contributed by atoms with E-state index in [9.17, 15) is 9.59 Å². The van der Waals surface area contributed by atoms with Crippen molar-refractivity contribution in [2.24, 2.45) is 14.1 Å². The van der Waals surface area contributed by atoms with Gasteiger partial charge < -0.3 is 4.74 Å². The van der Waals surface area contributed by atoms with E-state index >= 15 is 0 Å². The van der Waals surface area contributed by atoms with Gasteiger partial charge in [-0.2, -0.15) is 5.26 Å². The maximum atomic E-state index is 11.8. The first kappa shape index (κ1) is 12.6. The molecule has 0 aliphatic heterocycles. The van der Waals surface area contributed by atoms with Gasteiger partial charge >= 0.3 is 5.69 Å². The fourth-order valence-electron chi connectivity index (χ4n) is 1.56. The summed E-state index contributed by atoms with van der Waals surface area (Å²) in [6, 6.07) is 5.00. The molecule has 0 saturated carbocycles. The molecule has 2 rings (SSSR count). The van der Waals surface area contributed by atoms with Crippen molar-refractivity contribution in [1.82, 2.24) is 14.1 Å².